The van der Waals surface area contributed by atoms with Crippen LogP contribution >= 0.6 is 11.3 Å². The number of ether oxygens (including phenoxy) is 1. The van der Waals surface area contributed by atoms with Gasteiger partial charge in [-0.2, -0.15) is 0 Å². The van der Waals surface area contributed by atoms with E-state index >= 15 is 0 Å². The molecule has 1 aliphatic rings. The summed E-state index contributed by atoms with van der Waals surface area (Å²) in [4.78, 5) is 28.4. The second-order valence-electron chi connectivity index (χ2n) is 5.58. The fourth-order valence-electron chi connectivity index (χ4n) is 2.23. The van der Waals surface area contributed by atoms with Crippen molar-refractivity contribution in [2.45, 2.75) is 32.4 Å². The number of anilines is 1. The average molecular weight is 331 g/mol. The number of nitrogens with zero attached hydrogens (tertiary/aromatic N) is 1. The fourth-order valence-corrected chi connectivity index (χ4v) is 3.04. The number of β-lactam (4-membered cyclic amide) rings is 1. The molecule has 3 rings (SSSR count). The fraction of sp³-hybridized carbons (Fsp3) is 0.312. The summed E-state index contributed by atoms with van der Waals surface area (Å²) in [5.41, 5.74) is 2.77. The van der Waals surface area contributed by atoms with Crippen LogP contribution in [-0.4, -0.2) is 23.0 Å². The molecule has 0 saturated carbocycles. The third kappa shape index (κ3) is 3.50. The molecule has 1 aromatic carbocycles. The van der Waals surface area contributed by atoms with Gasteiger partial charge in [-0.05, 0) is 18.1 Å². The maximum atomic E-state index is 12.4. The van der Waals surface area contributed by atoms with Crippen LogP contribution in [-0.2, 0) is 4.79 Å². The standard InChI is InChI=1S/C16H17N3O3S/c1-9(2)15-14(17-8-23-15)16(21)18-10-4-3-5-11(6-10)22-13-7-12(20)19-13/h3-6,8-9,13H,7H2,1-2H3,(H,18,21)(H,19,20). The van der Waals surface area contributed by atoms with Crippen LogP contribution in [0.3, 0.4) is 0 Å². The average Bonchev–Trinajstić information content (AvgIpc) is 2.96. The van der Waals surface area contributed by atoms with Crippen LogP contribution in [0.25, 0.3) is 0 Å². The third-order valence-corrected chi connectivity index (χ3v) is 4.53. The molecular weight excluding hydrogens is 314 g/mol. The normalized spacial score (nSPS) is 16.7. The minimum atomic E-state index is -0.292. The highest BCUT2D eigenvalue weighted by molar-refractivity contribution is 7.10. The number of carbonyl (C=O) groups excluding carboxylic acids is 2. The van der Waals surface area contributed by atoms with Gasteiger partial charge in [0.2, 0.25) is 5.91 Å². The molecule has 1 unspecified atom stereocenters. The van der Waals surface area contributed by atoms with Crippen LogP contribution < -0.4 is 15.4 Å². The third-order valence-electron chi connectivity index (χ3n) is 3.40. The van der Waals surface area contributed by atoms with Crippen LogP contribution in [0, 0.1) is 0 Å². The molecule has 2 heterocycles. The Balaban J connectivity index is 1.68. The monoisotopic (exact) mass is 331 g/mol. The lowest BCUT2D eigenvalue weighted by Gasteiger charge is -2.27. The second kappa shape index (κ2) is 6.37. The minimum Gasteiger partial charge on any atom is -0.470 e. The highest BCUT2D eigenvalue weighted by Gasteiger charge is 2.26. The van der Waals surface area contributed by atoms with Gasteiger partial charge in [0, 0.05) is 16.6 Å². The first-order valence-corrected chi connectivity index (χ1v) is 8.21. The first-order chi connectivity index (χ1) is 11.0. The maximum Gasteiger partial charge on any atom is 0.275 e. The summed E-state index contributed by atoms with van der Waals surface area (Å²) in [5, 5.41) is 5.47. The van der Waals surface area contributed by atoms with Gasteiger partial charge < -0.3 is 15.4 Å². The number of aromatic nitrogens is 1. The van der Waals surface area contributed by atoms with Crippen molar-refractivity contribution >= 4 is 28.8 Å². The Labute approximate surface area is 137 Å². The van der Waals surface area contributed by atoms with Crippen LogP contribution in [0.2, 0.25) is 0 Å². The Hall–Kier alpha value is -2.41. The van der Waals surface area contributed by atoms with Crippen molar-refractivity contribution in [3.63, 3.8) is 0 Å². The molecule has 6 nitrogen and oxygen atoms in total. The lowest BCUT2D eigenvalue weighted by molar-refractivity contribution is -0.134. The van der Waals surface area contributed by atoms with Gasteiger partial charge in [-0.3, -0.25) is 9.59 Å². The first-order valence-electron chi connectivity index (χ1n) is 7.33. The van der Waals surface area contributed by atoms with Crippen molar-refractivity contribution in [2.24, 2.45) is 0 Å². The molecule has 1 saturated heterocycles. The summed E-state index contributed by atoms with van der Waals surface area (Å²) in [6.07, 6.45) is 0.0622. The van der Waals surface area contributed by atoms with E-state index in [0.29, 0.717) is 23.6 Å². The van der Waals surface area contributed by atoms with E-state index in [4.69, 9.17) is 4.74 Å². The summed E-state index contributed by atoms with van der Waals surface area (Å²) in [7, 11) is 0. The zero-order chi connectivity index (χ0) is 16.4. The molecular formula is C16H17N3O3S. The second-order valence-corrected chi connectivity index (χ2v) is 6.47. The van der Waals surface area contributed by atoms with Gasteiger partial charge in [-0.25, -0.2) is 4.98 Å². The van der Waals surface area contributed by atoms with E-state index in [-0.39, 0.29) is 24.0 Å². The molecule has 7 heteroatoms. The zero-order valence-electron chi connectivity index (χ0n) is 12.8. The number of rotatable bonds is 5. The molecule has 0 spiro atoms. The van der Waals surface area contributed by atoms with Gasteiger partial charge in [0.1, 0.15) is 11.4 Å². The Bertz CT molecular complexity index is 734. The predicted molar refractivity (Wildman–Crippen MR) is 87.8 cm³/mol. The molecule has 23 heavy (non-hydrogen) atoms. The molecule has 1 aromatic heterocycles. The van der Waals surface area contributed by atoms with Crippen LogP contribution in [0.15, 0.2) is 29.8 Å². The van der Waals surface area contributed by atoms with Crippen molar-refractivity contribution in [1.29, 1.82) is 0 Å². The first kappa shape index (κ1) is 15.5. The maximum absolute atomic E-state index is 12.4. The molecule has 0 bridgehead atoms. The molecule has 1 atom stereocenters. The molecule has 120 valence electrons. The number of hydrogen-bond donors (Lipinski definition) is 2. The van der Waals surface area contributed by atoms with Crippen molar-refractivity contribution < 1.29 is 14.3 Å². The van der Waals surface area contributed by atoms with E-state index in [9.17, 15) is 9.59 Å². The molecule has 2 aromatic rings. The van der Waals surface area contributed by atoms with Gasteiger partial charge in [-0.15, -0.1) is 11.3 Å². The number of hydrogen-bond acceptors (Lipinski definition) is 5. The van der Waals surface area contributed by atoms with Crippen LogP contribution in [0.4, 0.5) is 5.69 Å². The lowest BCUT2D eigenvalue weighted by atomic mass is 10.1. The van der Waals surface area contributed by atoms with Gasteiger partial charge >= 0.3 is 0 Å². The topological polar surface area (TPSA) is 80.3 Å². The number of amides is 2. The predicted octanol–water partition coefficient (Wildman–Crippen LogP) is 2.74. The molecule has 2 N–H and O–H groups in total. The Kier molecular flexibility index (Phi) is 4.29. The van der Waals surface area contributed by atoms with Crippen molar-refractivity contribution in [1.82, 2.24) is 10.3 Å². The number of carbonyl (C=O) groups is 2. The smallest absolute Gasteiger partial charge is 0.275 e. The van der Waals surface area contributed by atoms with Gasteiger partial charge in [0.15, 0.2) is 6.23 Å². The van der Waals surface area contributed by atoms with Crippen molar-refractivity contribution in [3.8, 4) is 5.75 Å². The Morgan fingerprint density at radius 3 is 2.96 bits per heavy atom. The summed E-state index contributed by atoms with van der Waals surface area (Å²) in [6.45, 7) is 4.07. The summed E-state index contributed by atoms with van der Waals surface area (Å²) in [5.74, 6) is 0.587. The van der Waals surface area contributed by atoms with Crippen LogP contribution in [0.1, 0.15) is 41.6 Å². The summed E-state index contributed by atoms with van der Waals surface area (Å²) in [6, 6.07) is 7.08. The highest BCUT2D eigenvalue weighted by atomic mass is 32.1. The van der Waals surface area contributed by atoms with Crippen molar-refractivity contribution in [3.05, 3.63) is 40.3 Å². The SMILES string of the molecule is CC(C)c1scnc1C(=O)Nc1cccc(OC2CC(=O)N2)c1. The van der Waals surface area contributed by atoms with E-state index in [2.05, 4.69) is 15.6 Å². The Morgan fingerprint density at radius 1 is 1.48 bits per heavy atom. The van der Waals surface area contributed by atoms with E-state index in [0.717, 1.165) is 4.88 Å². The molecule has 0 radical (unpaired) electrons. The van der Waals surface area contributed by atoms with E-state index in [1.165, 1.54) is 11.3 Å². The molecule has 0 aliphatic carbocycles. The Morgan fingerprint density at radius 2 is 2.26 bits per heavy atom. The lowest BCUT2D eigenvalue weighted by Crippen LogP contribution is -2.51. The number of benzene rings is 1. The molecule has 2 amide bonds. The molecule has 1 fully saturated rings. The van der Waals surface area contributed by atoms with Crippen LogP contribution in [0.5, 0.6) is 5.75 Å². The zero-order valence-corrected chi connectivity index (χ0v) is 13.6. The number of nitrogens with one attached hydrogen (secondary N) is 2. The van der Waals surface area contributed by atoms with E-state index < -0.39 is 0 Å². The van der Waals surface area contributed by atoms with Gasteiger partial charge in [-0.1, -0.05) is 19.9 Å². The summed E-state index contributed by atoms with van der Waals surface area (Å²) < 4.78 is 5.60. The largest absolute Gasteiger partial charge is 0.470 e. The van der Waals surface area contributed by atoms with E-state index in [1.54, 1.807) is 29.8 Å². The molecule has 1 aliphatic heterocycles. The highest BCUT2D eigenvalue weighted by Crippen LogP contribution is 2.25. The van der Waals surface area contributed by atoms with Crippen molar-refractivity contribution in [2.75, 3.05) is 5.32 Å². The van der Waals surface area contributed by atoms with Gasteiger partial charge in [0.05, 0.1) is 11.9 Å². The van der Waals surface area contributed by atoms with Gasteiger partial charge in [0.25, 0.3) is 5.91 Å². The van der Waals surface area contributed by atoms with E-state index in [1.807, 2.05) is 13.8 Å². The number of thiazole rings is 1. The minimum absolute atomic E-state index is 0.0239. The summed E-state index contributed by atoms with van der Waals surface area (Å²) >= 11 is 1.48. The quantitative estimate of drug-likeness (QED) is 0.826.